The number of carboxylic acid groups (broad SMARTS) is 1. The van der Waals surface area contributed by atoms with Gasteiger partial charge in [0.2, 0.25) is 5.91 Å². The molecule has 1 heterocycles. The topological polar surface area (TPSA) is 101 Å². The standard InChI is InChI=1S/C12H21NO5S2/c1-11(2,3)20(17,18)8-9(14)13-12(10(15)16)4-6-19-7-5-12/h4-8H2,1-3H3,(H,13,14)(H,15,16). The van der Waals surface area contributed by atoms with E-state index in [0.717, 1.165) is 0 Å². The molecule has 0 aliphatic carbocycles. The van der Waals surface area contributed by atoms with E-state index in [0.29, 0.717) is 24.3 Å². The van der Waals surface area contributed by atoms with E-state index in [1.54, 1.807) is 11.8 Å². The molecule has 0 aromatic carbocycles. The Morgan fingerprint density at radius 3 is 2.15 bits per heavy atom. The number of aliphatic carboxylic acids is 1. The Kier molecular flexibility index (Phi) is 5.13. The van der Waals surface area contributed by atoms with Crippen molar-refractivity contribution in [2.75, 3.05) is 17.3 Å². The number of carboxylic acids is 1. The Labute approximate surface area is 123 Å². The first-order valence-corrected chi connectivity index (χ1v) is 9.15. The second-order valence-corrected chi connectivity index (χ2v) is 9.89. The summed E-state index contributed by atoms with van der Waals surface area (Å²) in [7, 11) is -3.61. The van der Waals surface area contributed by atoms with E-state index in [1.165, 1.54) is 20.8 Å². The van der Waals surface area contributed by atoms with Gasteiger partial charge in [-0.05, 0) is 45.1 Å². The summed E-state index contributed by atoms with van der Waals surface area (Å²) in [6.45, 7) is 4.54. The first-order chi connectivity index (χ1) is 9.00. The van der Waals surface area contributed by atoms with Crippen molar-refractivity contribution in [2.24, 2.45) is 0 Å². The lowest BCUT2D eigenvalue weighted by Crippen LogP contribution is -2.58. The van der Waals surface area contributed by atoms with Gasteiger partial charge in [-0.2, -0.15) is 11.8 Å². The molecule has 1 saturated heterocycles. The Morgan fingerprint density at radius 2 is 1.75 bits per heavy atom. The van der Waals surface area contributed by atoms with Crippen LogP contribution in [0.25, 0.3) is 0 Å². The number of nitrogens with one attached hydrogen (secondary N) is 1. The number of hydrogen-bond donors (Lipinski definition) is 2. The summed E-state index contributed by atoms with van der Waals surface area (Å²) in [6.07, 6.45) is 0.628. The second-order valence-electron chi connectivity index (χ2n) is 5.92. The molecule has 8 heteroatoms. The molecule has 0 atom stereocenters. The van der Waals surface area contributed by atoms with Crippen molar-refractivity contribution in [2.45, 2.75) is 43.9 Å². The molecule has 1 aliphatic rings. The normalized spacial score (nSPS) is 19.4. The quantitative estimate of drug-likeness (QED) is 0.788. The Balaban J connectivity index is 2.81. The fourth-order valence-electron chi connectivity index (χ4n) is 1.80. The van der Waals surface area contributed by atoms with Crippen molar-refractivity contribution in [1.29, 1.82) is 0 Å². The smallest absolute Gasteiger partial charge is 0.329 e. The van der Waals surface area contributed by atoms with Gasteiger partial charge in [-0.1, -0.05) is 0 Å². The number of rotatable bonds is 4. The molecule has 0 spiro atoms. The van der Waals surface area contributed by atoms with Crippen molar-refractivity contribution in [1.82, 2.24) is 5.32 Å². The summed E-state index contributed by atoms with van der Waals surface area (Å²) in [4.78, 5) is 23.3. The van der Waals surface area contributed by atoms with Crippen LogP contribution in [0, 0.1) is 0 Å². The van der Waals surface area contributed by atoms with Crippen LogP contribution in [0.15, 0.2) is 0 Å². The van der Waals surface area contributed by atoms with E-state index >= 15 is 0 Å². The van der Waals surface area contributed by atoms with Gasteiger partial charge in [-0.15, -0.1) is 0 Å². The summed E-state index contributed by atoms with van der Waals surface area (Å²) in [5.41, 5.74) is -1.32. The van der Waals surface area contributed by atoms with E-state index < -0.39 is 37.8 Å². The van der Waals surface area contributed by atoms with E-state index in [1.807, 2.05) is 0 Å². The zero-order valence-corrected chi connectivity index (χ0v) is 13.6. The molecule has 2 N–H and O–H groups in total. The SMILES string of the molecule is CC(C)(C)S(=O)(=O)CC(=O)NC1(C(=O)O)CCSCC1. The molecular formula is C12H21NO5S2. The molecule has 0 aromatic heterocycles. The molecule has 0 bridgehead atoms. The number of amides is 1. The van der Waals surface area contributed by atoms with Crippen LogP contribution in [0.1, 0.15) is 33.6 Å². The number of carbonyl (C=O) groups is 2. The van der Waals surface area contributed by atoms with Gasteiger partial charge >= 0.3 is 5.97 Å². The molecule has 0 saturated carbocycles. The first-order valence-electron chi connectivity index (χ1n) is 6.35. The third-order valence-electron chi connectivity index (χ3n) is 3.39. The number of carbonyl (C=O) groups excluding carboxylic acids is 1. The highest BCUT2D eigenvalue weighted by atomic mass is 32.2. The summed E-state index contributed by atoms with van der Waals surface area (Å²) < 4.78 is 22.9. The van der Waals surface area contributed by atoms with E-state index in [-0.39, 0.29) is 0 Å². The van der Waals surface area contributed by atoms with Gasteiger partial charge in [0.25, 0.3) is 0 Å². The van der Waals surface area contributed by atoms with Gasteiger partial charge in [-0.25, -0.2) is 13.2 Å². The van der Waals surface area contributed by atoms with Crippen molar-refractivity contribution < 1.29 is 23.1 Å². The van der Waals surface area contributed by atoms with Gasteiger partial charge in [0.15, 0.2) is 9.84 Å². The third kappa shape index (κ3) is 3.88. The Morgan fingerprint density at radius 1 is 1.25 bits per heavy atom. The van der Waals surface area contributed by atoms with E-state index in [2.05, 4.69) is 5.32 Å². The van der Waals surface area contributed by atoms with Crippen LogP contribution < -0.4 is 5.32 Å². The molecule has 1 aliphatic heterocycles. The fraction of sp³-hybridized carbons (Fsp3) is 0.833. The van der Waals surface area contributed by atoms with Crippen molar-refractivity contribution in [3.8, 4) is 0 Å². The maximum absolute atomic E-state index is 12.0. The predicted molar refractivity (Wildman–Crippen MR) is 78.6 cm³/mol. The van der Waals surface area contributed by atoms with Crippen molar-refractivity contribution >= 4 is 33.5 Å². The molecule has 1 rings (SSSR count). The highest BCUT2D eigenvalue weighted by Gasteiger charge is 2.42. The molecular weight excluding hydrogens is 302 g/mol. The average Bonchev–Trinajstić information content (AvgIpc) is 2.27. The van der Waals surface area contributed by atoms with Gasteiger partial charge < -0.3 is 10.4 Å². The van der Waals surface area contributed by atoms with Crippen molar-refractivity contribution in [3.05, 3.63) is 0 Å². The lowest BCUT2D eigenvalue weighted by molar-refractivity contribution is -0.147. The van der Waals surface area contributed by atoms with Crippen LogP contribution in [0.4, 0.5) is 0 Å². The molecule has 1 fully saturated rings. The van der Waals surface area contributed by atoms with Gasteiger partial charge in [0.05, 0.1) is 4.75 Å². The number of hydrogen-bond acceptors (Lipinski definition) is 5. The van der Waals surface area contributed by atoms with E-state index in [9.17, 15) is 23.1 Å². The lowest BCUT2D eigenvalue weighted by Gasteiger charge is -2.34. The minimum atomic E-state index is -3.61. The van der Waals surface area contributed by atoms with Gasteiger partial charge in [0.1, 0.15) is 11.3 Å². The highest BCUT2D eigenvalue weighted by molar-refractivity contribution is 7.99. The van der Waals surface area contributed by atoms with Crippen LogP contribution >= 0.6 is 11.8 Å². The second kappa shape index (κ2) is 5.93. The highest BCUT2D eigenvalue weighted by Crippen LogP contribution is 2.27. The number of sulfone groups is 1. The monoisotopic (exact) mass is 323 g/mol. The first kappa shape index (κ1) is 17.3. The summed E-state index contributed by atoms with van der Waals surface area (Å²) in [5.74, 6) is -1.25. The number of thioether (sulfide) groups is 1. The Bertz CT molecular complexity index is 486. The van der Waals surface area contributed by atoms with Gasteiger partial charge in [-0.3, -0.25) is 4.79 Å². The van der Waals surface area contributed by atoms with Crippen LogP contribution in [0.2, 0.25) is 0 Å². The molecule has 0 aromatic rings. The average molecular weight is 323 g/mol. The van der Waals surface area contributed by atoms with Crippen LogP contribution in [-0.4, -0.2) is 52.9 Å². The predicted octanol–water partition coefficient (Wildman–Crippen LogP) is 0.666. The minimum Gasteiger partial charge on any atom is -0.480 e. The zero-order chi connectivity index (χ0) is 15.6. The maximum atomic E-state index is 12.0. The lowest BCUT2D eigenvalue weighted by atomic mass is 9.92. The van der Waals surface area contributed by atoms with E-state index in [4.69, 9.17) is 0 Å². The largest absolute Gasteiger partial charge is 0.480 e. The minimum absolute atomic E-state index is 0.314. The molecule has 0 radical (unpaired) electrons. The summed E-state index contributed by atoms with van der Waals surface area (Å²) in [6, 6.07) is 0. The molecule has 6 nitrogen and oxygen atoms in total. The summed E-state index contributed by atoms with van der Waals surface area (Å²) in [5, 5.41) is 11.8. The molecule has 116 valence electrons. The summed E-state index contributed by atoms with van der Waals surface area (Å²) >= 11 is 1.63. The van der Waals surface area contributed by atoms with Crippen LogP contribution in [0.5, 0.6) is 0 Å². The Hall–Kier alpha value is -0.760. The maximum Gasteiger partial charge on any atom is 0.329 e. The molecule has 1 amide bonds. The molecule has 0 unspecified atom stereocenters. The van der Waals surface area contributed by atoms with Crippen LogP contribution in [-0.2, 0) is 19.4 Å². The van der Waals surface area contributed by atoms with Crippen LogP contribution in [0.3, 0.4) is 0 Å². The third-order valence-corrected chi connectivity index (χ3v) is 6.88. The fourth-order valence-corrected chi connectivity index (χ4v) is 3.84. The van der Waals surface area contributed by atoms with Crippen molar-refractivity contribution in [3.63, 3.8) is 0 Å². The molecule has 20 heavy (non-hydrogen) atoms. The van der Waals surface area contributed by atoms with Gasteiger partial charge in [0, 0.05) is 0 Å². The zero-order valence-electron chi connectivity index (χ0n) is 11.9.